The Morgan fingerprint density at radius 2 is 1.68 bits per heavy atom. The fourth-order valence-corrected chi connectivity index (χ4v) is 4.14. The molecule has 34 heavy (non-hydrogen) atoms. The van der Waals surface area contributed by atoms with E-state index in [0.29, 0.717) is 26.0 Å². The number of nitrogens with one attached hydrogen (secondary N) is 1. The van der Waals surface area contributed by atoms with Gasteiger partial charge in [0.2, 0.25) is 5.91 Å². The predicted molar refractivity (Wildman–Crippen MR) is 137 cm³/mol. The Hall–Kier alpha value is -3.60. The number of fused-ring (bicyclic) bond motifs is 1. The second-order valence-corrected chi connectivity index (χ2v) is 8.58. The van der Waals surface area contributed by atoms with Crippen LogP contribution in [-0.4, -0.2) is 28.6 Å². The molecule has 0 unspecified atom stereocenters. The molecule has 4 aromatic rings. The Bertz CT molecular complexity index is 1200. The molecule has 0 aliphatic rings. The number of amides is 1. The molecule has 5 heteroatoms. The second-order valence-electron chi connectivity index (χ2n) is 8.58. The molecule has 1 aromatic heterocycles. The number of benzene rings is 3. The first-order valence-electron chi connectivity index (χ1n) is 12.1. The lowest BCUT2D eigenvalue weighted by molar-refractivity contribution is -0.121. The van der Waals surface area contributed by atoms with Crippen molar-refractivity contribution in [3.63, 3.8) is 0 Å². The number of hydrogen-bond donors (Lipinski definition) is 1. The Labute approximate surface area is 201 Å². The van der Waals surface area contributed by atoms with Crippen LogP contribution in [-0.2, 0) is 24.2 Å². The van der Waals surface area contributed by atoms with E-state index in [1.54, 1.807) is 0 Å². The van der Waals surface area contributed by atoms with E-state index in [0.717, 1.165) is 54.0 Å². The van der Waals surface area contributed by atoms with Crippen LogP contribution in [0.2, 0.25) is 0 Å². The summed E-state index contributed by atoms with van der Waals surface area (Å²) in [7, 11) is 0. The number of para-hydroxylation sites is 3. The third-order valence-electron chi connectivity index (χ3n) is 6.02. The molecule has 5 nitrogen and oxygen atoms in total. The van der Waals surface area contributed by atoms with Crippen LogP contribution < -0.4 is 10.1 Å². The first kappa shape index (κ1) is 23.6. The Balaban J connectivity index is 1.27. The third-order valence-corrected chi connectivity index (χ3v) is 6.02. The minimum atomic E-state index is 0.0832. The molecule has 0 aliphatic carbocycles. The fraction of sp³-hybridized carbons (Fsp3) is 0.310. The fourth-order valence-electron chi connectivity index (χ4n) is 4.14. The first-order chi connectivity index (χ1) is 16.7. The topological polar surface area (TPSA) is 56.1 Å². The van der Waals surface area contributed by atoms with Crippen molar-refractivity contribution in [1.82, 2.24) is 14.9 Å². The molecule has 0 bridgehead atoms. The molecular weight excluding hydrogens is 422 g/mol. The molecular formula is C29H33N3O2. The average molecular weight is 456 g/mol. The monoisotopic (exact) mass is 455 g/mol. The molecule has 176 valence electrons. The van der Waals surface area contributed by atoms with Gasteiger partial charge in [0.1, 0.15) is 11.6 Å². The van der Waals surface area contributed by atoms with Crippen LogP contribution in [0, 0.1) is 6.92 Å². The lowest BCUT2D eigenvalue weighted by atomic mass is 10.1. The lowest BCUT2D eigenvalue weighted by Gasteiger charge is -2.11. The van der Waals surface area contributed by atoms with Gasteiger partial charge in [-0.05, 0) is 55.5 Å². The highest BCUT2D eigenvalue weighted by Crippen LogP contribution is 2.19. The van der Waals surface area contributed by atoms with E-state index in [4.69, 9.17) is 9.72 Å². The van der Waals surface area contributed by atoms with Gasteiger partial charge in [-0.3, -0.25) is 4.79 Å². The van der Waals surface area contributed by atoms with Gasteiger partial charge in [-0.15, -0.1) is 0 Å². The predicted octanol–water partition coefficient (Wildman–Crippen LogP) is 5.50. The van der Waals surface area contributed by atoms with Crippen LogP contribution in [0.5, 0.6) is 5.75 Å². The van der Waals surface area contributed by atoms with Gasteiger partial charge in [0, 0.05) is 25.9 Å². The van der Waals surface area contributed by atoms with Gasteiger partial charge in [0.15, 0.2) is 0 Å². The van der Waals surface area contributed by atoms with Gasteiger partial charge >= 0.3 is 0 Å². The Morgan fingerprint density at radius 3 is 2.53 bits per heavy atom. The number of nitrogens with zero attached hydrogens (tertiary/aromatic N) is 2. The minimum absolute atomic E-state index is 0.0832. The normalized spacial score (nSPS) is 11.0. The number of hydrogen-bond acceptors (Lipinski definition) is 3. The summed E-state index contributed by atoms with van der Waals surface area (Å²) in [5, 5.41) is 3.06. The zero-order chi connectivity index (χ0) is 23.6. The maximum absolute atomic E-state index is 12.3. The van der Waals surface area contributed by atoms with E-state index in [1.165, 1.54) is 5.56 Å². The second kappa shape index (κ2) is 12.0. The molecule has 0 spiro atoms. The number of aryl methyl sites for hydroxylation is 3. The van der Waals surface area contributed by atoms with Crippen molar-refractivity contribution < 1.29 is 9.53 Å². The van der Waals surface area contributed by atoms with Crippen LogP contribution in [0.3, 0.4) is 0 Å². The van der Waals surface area contributed by atoms with Crippen molar-refractivity contribution in [2.45, 2.75) is 45.6 Å². The van der Waals surface area contributed by atoms with Crippen molar-refractivity contribution in [3.8, 4) is 5.75 Å². The van der Waals surface area contributed by atoms with E-state index >= 15 is 0 Å². The van der Waals surface area contributed by atoms with Gasteiger partial charge in [0.25, 0.3) is 0 Å². The number of carbonyl (C=O) groups is 1. The Kier molecular flexibility index (Phi) is 8.33. The summed E-state index contributed by atoms with van der Waals surface area (Å²) in [5.41, 5.74) is 4.50. The van der Waals surface area contributed by atoms with Crippen LogP contribution in [0.25, 0.3) is 11.0 Å². The number of unbranched alkanes of at least 4 members (excludes halogenated alkanes) is 1. The molecule has 1 heterocycles. The summed E-state index contributed by atoms with van der Waals surface area (Å²) >= 11 is 0. The van der Waals surface area contributed by atoms with Crippen LogP contribution in [0.1, 0.15) is 36.2 Å². The highest BCUT2D eigenvalue weighted by Gasteiger charge is 2.11. The van der Waals surface area contributed by atoms with E-state index < -0.39 is 0 Å². The summed E-state index contributed by atoms with van der Waals surface area (Å²) in [6, 6.07) is 26.5. The van der Waals surface area contributed by atoms with Gasteiger partial charge in [-0.25, -0.2) is 4.98 Å². The smallest absolute Gasteiger partial charge is 0.220 e. The van der Waals surface area contributed by atoms with Gasteiger partial charge in [-0.1, -0.05) is 60.7 Å². The SMILES string of the molecule is Cc1ccccc1OCCCCn1c(CCNC(=O)CCc2ccccc2)nc2ccccc21. The zero-order valence-corrected chi connectivity index (χ0v) is 19.9. The van der Waals surface area contributed by atoms with Crippen LogP contribution in [0.15, 0.2) is 78.9 Å². The summed E-state index contributed by atoms with van der Waals surface area (Å²) in [4.78, 5) is 17.1. The summed E-state index contributed by atoms with van der Waals surface area (Å²) in [5.74, 6) is 2.06. The molecule has 1 amide bonds. The zero-order valence-electron chi connectivity index (χ0n) is 19.9. The molecule has 0 fully saturated rings. The van der Waals surface area contributed by atoms with Crippen molar-refractivity contribution >= 4 is 16.9 Å². The van der Waals surface area contributed by atoms with E-state index in [1.807, 2.05) is 42.5 Å². The van der Waals surface area contributed by atoms with E-state index in [2.05, 4.69) is 53.2 Å². The number of ether oxygens (including phenoxy) is 1. The largest absolute Gasteiger partial charge is 0.493 e. The standard InChI is InChI=1S/C29H33N3O2/c1-23-11-5-8-16-27(23)34-22-10-9-21-32-26-15-7-6-14-25(26)31-28(32)19-20-30-29(33)18-17-24-12-3-2-4-13-24/h2-8,11-16H,9-10,17-22H2,1H3,(H,30,33). The van der Waals surface area contributed by atoms with Crippen LogP contribution >= 0.6 is 0 Å². The summed E-state index contributed by atoms with van der Waals surface area (Å²) in [6.45, 7) is 4.24. The number of carbonyl (C=O) groups excluding carboxylic acids is 1. The molecule has 1 N–H and O–H groups in total. The molecule has 0 saturated carbocycles. The van der Waals surface area contributed by atoms with Gasteiger partial charge in [0.05, 0.1) is 17.6 Å². The molecule has 0 atom stereocenters. The maximum atomic E-state index is 12.3. The van der Waals surface area contributed by atoms with Gasteiger partial charge < -0.3 is 14.6 Å². The summed E-state index contributed by atoms with van der Waals surface area (Å²) in [6.07, 6.45) is 3.95. The lowest BCUT2D eigenvalue weighted by Crippen LogP contribution is -2.26. The molecule has 0 saturated heterocycles. The number of aromatic nitrogens is 2. The number of rotatable bonds is 12. The van der Waals surface area contributed by atoms with Gasteiger partial charge in [-0.2, -0.15) is 0 Å². The average Bonchev–Trinajstić information content (AvgIpc) is 3.21. The van der Waals surface area contributed by atoms with Crippen molar-refractivity contribution in [3.05, 3.63) is 95.8 Å². The highest BCUT2D eigenvalue weighted by molar-refractivity contribution is 5.77. The maximum Gasteiger partial charge on any atom is 0.220 e. The van der Waals surface area contributed by atoms with Crippen molar-refractivity contribution in [1.29, 1.82) is 0 Å². The quantitative estimate of drug-likeness (QED) is 0.287. The minimum Gasteiger partial charge on any atom is -0.493 e. The van der Waals surface area contributed by atoms with Crippen molar-refractivity contribution in [2.75, 3.05) is 13.2 Å². The molecule has 4 rings (SSSR count). The Morgan fingerprint density at radius 1 is 0.912 bits per heavy atom. The highest BCUT2D eigenvalue weighted by atomic mass is 16.5. The number of imidazole rings is 1. The van der Waals surface area contributed by atoms with Crippen molar-refractivity contribution in [2.24, 2.45) is 0 Å². The van der Waals surface area contributed by atoms with E-state index in [-0.39, 0.29) is 5.91 Å². The summed E-state index contributed by atoms with van der Waals surface area (Å²) < 4.78 is 8.24. The van der Waals surface area contributed by atoms with Crippen LogP contribution in [0.4, 0.5) is 0 Å². The first-order valence-corrected chi connectivity index (χ1v) is 12.1. The van der Waals surface area contributed by atoms with E-state index in [9.17, 15) is 4.79 Å². The molecule has 0 aliphatic heterocycles. The molecule has 3 aromatic carbocycles. The third kappa shape index (κ3) is 6.47. The molecule has 0 radical (unpaired) electrons.